The van der Waals surface area contributed by atoms with E-state index in [2.05, 4.69) is 75.4 Å². The summed E-state index contributed by atoms with van der Waals surface area (Å²) >= 11 is 6.42. The van der Waals surface area contributed by atoms with Crippen molar-refractivity contribution in [1.29, 1.82) is 0 Å². The van der Waals surface area contributed by atoms with Gasteiger partial charge in [-0.2, -0.15) is 0 Å². The van der Waals surface area contributed by atoms with Crippen LogP contribution >= 0.6 is 11.6 Å². The topological polar surface area (TPSA) is 46.0 Å². The number of fused-ring (bicyclic) bond motifs is 1. The number of nitrogens with one attached hydrogen (secondary N) is 1. The number of aromatic nitrogens is 3. The Labute approximate surface area is 182 Å². The zero-order valence-corrected chi connectivity index (χ0v) is 18.3. The van der Waals surface area contributed by atoms with Gasteiger partial charge in [0.25, 0.3) is 0 Å². The third-order valence-corrected chi connectivity index (χ3v) is 5.58. The standard InChI is InChI=1S/C24H26ClN5/c1-17-10-11-19(14-21(17)25)30-15-20(18-8-5-4-6-9-18)22-23(27-16-28-24(22)30)26-12-7-13-29(2)3/h4-6,8-11,14-16H,7,12-13H2,1-3H3,(H,26,27,28). The zero-order valence-electron chi connectivity index (χ0n) is 17.6. The van der Waals surface area contributed by atoms with E-state index in [9.17, 15) is 0 Å². The number of aryl methyl sites for hydroxylation is 1. The fraction of sp³-hybridized carbons (Fsp3) is 0.250. The zero-order chi connectivity index (χ0) is 21.1. The van der Waals surface area contributed by atoms with Crippen LogP contribution in [0.3, 0.4) is 0 Å². The van der Waals surface area contributed by atoms with Crippen LogP contribution in [0.5, 0.6) is 0 Å². The van der Waals surface area contributed by atoms with Crippen LogP contribution < -0.4 is 5.32 Å². The number of halogens is 1. The molecule has 30 heavy (non-hydrogen) atoms. The maximum Gasteiger partial charge on any atom is 0.150 e. The summed E-state index contributed by atoms with van der Waals surface area (Å²) in [5, 5.41) is 5.28. The molecule has 0 unspecified atom stereocenters. The Morgan fingerprint density at radius 1 is 1.07 bits per heavy atom. The van der Waals surface area contributed by atoms with Gasteiger partial charge in [0, 0.05) is 29.0 Å². The van der Waals surface area contributed by atoms with Crippen LogP contribution in [0.25, 0.3) is 27.8 Å². The van der Waals surface area contributed by atoms with Gasteiger partial charge in [-0.3, -0.25) is 0 Å². The van der Waals surface area contributed by atoms with Crippen LogP contribution in [-0.4, -0.2) is 46.6 Å². The molecule has 2 aromatic carbocycles. The molecule has 4 aromatic rings. The SMILES string of the molecule is Cc1ccc(-n2cc(-c3ccccc3)c3c(NCCCN(C)C)ncnc32)cc1Cl. The van der Waals surface area contributed by atoms with E-state index in [0.29, 0.717) is 0 Å². The largest absolute Gasteiger partial charge is 0.369 e. The van der Waals surface area contributed by atoms with Gasteiger partial charge in [-0.25, -0.2) is 9.97 Å². The molecule has 0 saturated carbocycles. The van der Waals surface area contributed by atoms with Crippen molar-refractivity contribution in [3.63, 3.8) is 0 Å². The second kappa shape index (κ2) is 8.86. The smallest absolute Gasteiger partial charge is 0.150 e. The number of hydrogen-bond acceptors (Lipinski definition) is 4. The fourth-order valence-electron chi connectivity index (χ4n) is 3.56. The molecule has 0 amide bonds. The van der Waals surface area contributed by atoms with Crippen LogP contribution in [0.15, 0.2) is 61.1 Å². The Hall–Kier alpha value is -2.89. The maximum atomic E-state index is 6.42. The normalized spacial score (nSPS) is 11.4. The number of nitrogens with zero attached hydrogens (tertiary/aromatic N) is 4. The first kappa shape index (κ1) is 20.4. The monoisotopic (exact) mass is 419 g/mol. The molecule has 1 N–H and O–H groups in total. The van der Waals surface area contributed by atoms with E-state index in [1.54, 1.807) is 6.33 Å². The third kappa shape index (κ3) is 4.18. The number of benzene rings is 2. The van der Waals surface area contributed by atoms with E-state index in [1.165, 1.54) is 0 Å². The van der Waals surface area contributed by atoms with Crippen molar-refractivity contribution in [2.45, 2.75) is 13.3 Å². The number of hydrogen-bond donors (Lipinski definition) is 1. The minimum absolute atomic E-state index is 0.742. The molecule has 2 aromatic heterocycles. The lowest BCUT2D eigenvalue weighted by Gasteiger charge is -2.11. The molecule has 0 radical (unpaired) electrons. The molecular weight excluding hydrogens is 394 g/mol. The van der Waals surface area contributed by atoms with Gasteiger partial charge in [0.1, 0.15) is 12.1 Å². The predicted octanol–water partition coefficient (Wildman–Crippen LogP) is 5.41. The quantitative estimate of drug-likeness (QED) is 0.406. The summed E-state index contributed by atoms with van der Waals surface area (Å²) in [6, 6.07) is 16.4. The van der Waals surface area contributed by atoms with E-state index in [0.717, 1.165) is 63.8 Å². The van der Waals surface area contributed by atoms with Crippen molar-refractivity contribution < 1.29 is 0 Å². The number of anilines is 1. The van der Waals surface area contributed by atoms with Crippen LogP contribution in [0.4, 0.5) is 5.82 Å². The van der Waals surface area contributed by atoms with E-state index in [4.69, 9.17) is 11.6 Å². The number of rotatable bonds is 7. The lowest BCUT2D eigenvalue weighted by Crippen LogP contribution is -2.16. The molecule has 0 aliphatic carbocycles. The van der Waals surface area contributed by atoms with Crippen molar-refractivity contribution in [3.05, 3.63) is 71.6 Å². The van der Waals surface area contributed by atoms with Crippen LogP contribution in [-0.2, 0) is 0 Å². The van der Waals surface area contributed by atoms with Gasteiger partial charge >= 0.3 is 0 Å². The molecule has 5 nitrogen and oxygen atoms in total. The van der Waals surface area contributed by atoms with Crippen molar-refractivity contribution in [2.75, 3.05) is 32.5 Å². The molecule has 4 rings (SSSR count). The highest BCUT2D eigenvalue weighted by atomic mass is 35.5. The van der Waals surface area contributed by atoms with Gasteiger partial charge in [-0.15, -0.1) is 0 Å². The summed E-state index contributed by atoms with van der Waals surface area (Å²) in [5.74, 6) is 0.856. The van der Waals surface area contributed by atoms with E-state index < -0.39 is 0 Å². The average Bonchev–Trinajstić information content (AvgIpc) is 3.14. The van der Waals surface area contributed by atoms with Gasteiger partial charge in [-0.05, 0) is 57.2 Å². The minimum atomic E-state index is 0.742. The first-order chi connectivity index (χ1) is 14.5. The summed E-state index contributed by atoms with van der Waals surface area (Å²) in [6.45, 7) is 3.88. The summed E-state index contributed by atoms with van der Waals surface area (Å²) in [7, 11) is 4.17. The molecule has 0 fully saturated rings. The molecule has 2 heterocycles. The predicted molar refractivity (Wildman–Crippen MR) is 126 cm³/mol. The van der Waals surface area contributed by atoms with Gasteiger partial charge in [0.05, 0.1) is 5.39 Å². The average molecular weight is 420 g/mol. The van der Waals surface area contributed by atoms with Crippen molar-refractivity contribution in [1.82, 2.24) is 19.4 Å². The van der Waals surface area contributed by atoms with Crippen LogP contribution in [0.2, 0.25) is 5.02 Å². The molecule has 0 aliphatic rings. The van der Waals surface area contributed by atoms with Gasteiger partial charge in [0.15, 0.2) is 5.65 Å². The molecular formula is C24H26ClN5. The van der Waals surface area contributed by atoms with Crippen molar-refractivity contribution in [2.24, 2.45) is 0 Å². The second-order valence-electron chi connectivity index (χ2n) is 7.72. The lowest BCUT2D eigenvalue weighted by atomic mass is 10.1. The Balaban J connectivity index is 1.84. The van der Waals surface area contributed by atoms with Crippen LogP contribution in [0, 0.1) is 6.92 Å². The van der Waals surface area contributed by atoms with Crippen molar-refractivity contribution in [3.8, 4) is 16.8 Å². The molecule has 6 heteroatoms. The molecule has 0 atom stereocenters. The summed E-state index contributed by atoms with van der Waals surface area (Å²) < 4.78 is 2.09. The Morgan fingerprint density at radius 3 is 2.60 bits per heavy atom. The van der Waals surface area contributed by atoms with Gasteiger partial charge < -0.3 is 14.8 Å². The van der Waals surface area contributed by atoms with Gasteiger partial charge in [-0.1, -0.05) is 48.0 Å². The van der Waals surface area contributed by atoms with E-state index in [-0.39, 0.29) is 0 Å². The maximum absolute atomic E-state index is 6.42. The molecule has 0 bridgehead atoms. The highest BCUT2D eigenvalue weighted by Gasteiger charge is 2.17. The molecule has 0 saturated heterocycles. The summed E-state index contributed by atoms with van der Waals surface area (Å²) in [4.78, 5) is 11.4. The first-order valence-electron chi connectivity index (χ1n) is 10.1. The molecule has 0 aliphatic heterocycles. The van der Waals surface area contributed by atoms with Crippen LogP contribution in [0.1, 0.15) is 12.0 Å². The van der Waals surface area contributed by atoms with Crippen molar-refractivity contribution >= 4 is 28.5 Å². The van der Waals surface area contributed by atoms with E-state index in [1.807, 2.05) is 25.1 Å². The highest BCUT2D eigenvalue weighted by molar-refractivity contribution is 6.31. The molecule has 0 spiro atoms. The van der Waals surface area contributed by atoms with Gasteiger partial charge in [0.2, 0.25) is 0 Å². The first-order valence-corrected chi connectivity index (χ1v) is 10.5. The summed E-state index contributed by atoms with van der Waals surface area (Å²) in [5.41, 5.74) is 5.12. The third-order valence-electron chi connectivity index (χ3n) is 5.18. The lowest BCUT2D eigenvalue weighted by molar-refractivity contribution is 0.405. The second-order valence-corrected chi connectivity index (χ2v) is 8.12. The highest BCUT2D eigenvalue weighted by Crippen LogP contribution is 2.35. The molecule has 154 valence electrons. The summed E-state index contributed by atoms with van der Waals surface area (Å²) in [6.07, 6.45) is 4.78. The minimum Gasteiger partial charge on any atom is -0.369 e. The van der Waals surface area contributed by atoms with E-state index >= 15 is 0 Å². The Morgan fingerprint density at radius 2 is 1.87 bits per heavy atom. The Bertz CT molecular complexity index is 1150. The fourth-order valence-corrected chi connectivity index (χ4v) is 3.74. The Kier molecular flexibility index (Phi) is 6.02.